The quantitative estimate of drug-likeness (QED) is 0.514. The molecule has 0 radical (unpaired) electrons. The Morgan fingerprint density at radius 1 is 0.960 bits per heavy atom. The minimum Gasteiger partial charge on any atom is -0.411 e. The van der Waals surface area contributed by atoms with Crippen LogP contribution in [0.3, 0.4) is 0 Å². The Morgan fingerprint density at radius 2 is 1.72 bits per heavy atom. The number of fused-ring (bicyclic) bond motifs is 6. The molecule has 1 heterocycles. The van der Waals surface area contributed by atoms with Crippen molar-refractivity contribution < 1.29 is 14.7 Å². The molecule has 4 aliphatic carbocycles. The summed E-state index contributed by atoms with van der Waals surface area (Å²) in [5, 5.41) is 12.8. The highest BCUT2D eigenvalue weighted by Gasteiger charge is 2.67. The molecule has 6 atom stereocenters. The molecule has 1 aliphatic heterocycles. The van der Waals surface area contributed by atoms with Crippen LogP contribution in [0.1, 0.15) is 71.6 Å². The fraction of sp³-hybridized carbons (Fsp3) is 0.952. The van der Waals surface area contributed by atoms with Crippen LogP contribution in [0.4, 0.5) is 0 Å². The Bertz CT molecular complexity index is 584. The van der Waals surface area contributed by atoms with Crippen LogP contribution in [0.5, 0.6) is 0 Å². The van der Waals surface area contributed by atoms with Gasteiger partial charge in [0.15, 0.2) is 5.79 Å². The Labute approximate surface area is 151 Å². The minimum absolute atomic E-state index is 0.209. The van der Waals surface area contributed by atoms with Gasteiger partial charge in [-0.25, -0.2) is 0 Å². The van der Waals surface area contributed by atoms with Gasteiger partial charge in [-0.2, -0.15) is 0 Å². The smallest absolute Gasteiger partial charge is 0.174 e. The normalized spacial score (nSPS) is 52.8. The maximum atomic E-state index is 9.23. The Balaban J connectivity index is 1.44. The Kier molecular flexibility index (Phi) is 3.61. The number of ether oxygens (including phenoxy) is 2. The molecule has 4 nitrogen and oxygen atoms in total. The van der Waals surface area contributed by atoms with Gasteiger partial charge in [0.2, 0.25) is 0 Å². The molecule has 0 aromatic heterocycles. The summed E-state index contributed by atoms with van der Waals surface area (Å²) in [6.45, 7) is 6.58. The summed E-state index contributed by atoms with van der Waals surface area (Å²) in [4.78, 5) is 0. The zero-order chi connectivity index (χ0) is 17.3. The average molecular weight is 347 g/mol. The summed E-state index contributed by atoms with van der Waals surface area (Å²) in [5.41, 5.74) is 1.68. The van der Waals surface area contributed by atoms with Gasteiger partial charge < -0.3 is 14.7 Å². The van der Waals surface area contributed by atoms with Crippen molar-refractivity contribution in [3.63, 3.8) is 0 Å². The van der Waals surface area contributed by atoms with E-state index >= 15 is 0 Å². The largest absolute Gasteiger partial charge is 0.411 e. The van der Waals surface area contributed by atoms with Gasteiger partial charge >= 0.3 is 0 Å². The first-order chi connectivity index (χ1) is 12.0. The van der Waals surface area contributed by atoms with Crippen molar-refractivity contribution in [2.24, 2.45) is 39.7 Å². The van der Waals surface area contributed by atoms with Gasteiger partial charge in [-0.1, -0.05) is 19.0 Å². The lowest BCUT2D eigenvalue weighted by atomic mass is 9.45. The van der Waals surface area contributed by atoms with Crippen LogP contribution in [0, 0.1) is 34.5 Å². The lowest BCUT2D eigenvalue weighted by Crippen LogP contribution is -2.56. The SMILES string of the molecule is C[C@]12CCC(=NO)C[C@@H]1CC[C@@H]1[C@@H]2CC[C@@]2(C)[C@H]1CCC21OCCO1. The first-order valence-corrected chi connectivity index (χ1v) is 10.5. The zero-order valence-electron chi connectivity index (χ0n) is 15.8. The van der Waals surface area contributed by atoms with Crippen molar-refractivity contribution in [3.8, 4) is 0 Å². The molecule has 5 rings (SSSR count). The number of nitrogens with zero attached hydrogens (tertiary/aromatic N) is 1. The molecular formula is C21H33NO3. The summed E-state index contributed by atoms with van der Waals surface area (Å²) in [5.74, 6) is 2.87. The van der Waals surface area contributed by atoms with E-state index in [9.17, 15) is 5.21 Å². The predicted octanol–water partition coefficient (Wildman–Crippen LogP) is 4.60. The monoisotopic (exact) mass is 347 g/mol. The molecule has 5 fully saturated rings. The van der Waals surface area contributed by atoms with Crippen LogP contribution in [0.25, 0.3) is 0 Å². The Hall–Kier alpha value is -0.610. The van der Waals surface area contributed by atoms with E-state index in [-0.39, 0.29) is 11.2 Å². The van der Waals surface area contributed by atoms with Crippen LogP contribution >= 0.6 is 0 Å². The molecule has 4 saturated carbocycles. The zero-order valence-corrected chi connectivity index (χ0v) is 15.8. The molecule has 0 unspecified atom stereocenters. The molecule has 0 aromatic carbocycles. The molecule has 4 heteroatoms. The van der Waals surface area contributed by atoms with Crippen molar-refractivity contribution in [2.45, 2.75) is 77.4 Å². The van der Waals surface area contributed by atoms with Crippen molar-refractivity contribution in [2.75, 3.05) is 13.2 Å². The third kappa shape index (κ3) is 2.04. The highest BCUT2D eigenvalue weighted by Crippen LogP contribution is 2.69. The van der Waals surface area contributed by atoms with E-state index in [2.05, 4.69) is 19.0 Å². The van der Waals surface area contributed by atoms with Gasteiger partial charge in [0.1, 0.15) is 0 Å². The molecular weight excluding hydrogens is 314 g/mol. The second-order valence-corrected chi connectivity index (χ2v) is 9.97. The standard InChI is InChI=1S/C21H33NO3/c1-19-8-5-15(22-23)13-14(19)3-4-16-17(19)6-9-20(2)18(16)7-10-21(20)24-11-12-25-21/h14,16-18,23H,3-13H2,1-2H3/t14-,16+,17-,18-,19-,20-/m0/s1. The van der Waals surface area contributed by atoms with E-state index in [1.165, 1.54) is 38.5 Å². The van der Waals surface area contributed by atoms with E-state index in [1.54, 1.807) is 0 Å². The van der Waals surface area contributed by atoms with Crippen molar-refractivity contribution in [1.82, 2.24) is 0 Å². The number of hydrogen-bond donors (Lipinski definition) is 1. The van der Waals surface area contributed by atoms with Crippen molar-refractivity contribution in [3.05, 3.63) is 0 Å². The molecule has 1 saturated heterocycles. The highest BCUT2D eigenvalue weighted by molar-refractivity contribution is 5.85. The van der Waals surface area contributed by atoms with Gasteiger partial charge in [-0.05, 0) is 80.5 Å². The first-order valence-electron chi connectivity index (χ1n) is 10.5. The summed E-state index contributed by atoms with van der Waals surface area (Å²) >= 11 is 0. The third-order valence-corrected chi connectivity index (χ3v) is 9.44. The molecule has 1 spiro atoms. The minimum atomic E-state index is -0.274. The van der Waals surface area contributed by atoms with E-state index in [4.69, 9.17) is 9.47 Å². The third-order valence-electron chi connectivity index (χ3n) is 9.44. The van der Waals surface area contributed by atoms with Crippen LogP contribution in [-0.2, 0) is 9.47 Å². The van der Waals surface area contributed by atoms with E-state index in [1.807, 2.05) is 0 Å². The van der Waals surface area contributed by atoms with Gasteiger partial charge in [0.25, 0.3) is 0 Å². The van der Waals surface area contributed by atoms with Crippen LogP contribution in [0.2, 0.25) is 0 Å². The maximum Gasteiger partial charge on any atom is 0.174 e. The topological polar surface area (TPSA) is 51.1 Å². The van der Waals surface area contributed by atoms with Crippen LogP contribution in [-0.4, -0.2) is 29.9 Å². The molecule has 0 amide bonds. The second kappa shape index (κ2) is 5.45. The van der Waals surface area contributed by atoms with Crippen LogP contribution < -0.4 is 0 Å². The molecule has 0 aromatic rings. The second-order valence-electron chi connectivity index (χ2n) is 9.97. The van der Waals surface area contributed by atoms with E-state index in [0.717, 1.165) is 55.9 Å². The van der Waals surface area contributed by atoms with E-state index < -0.39 is 0 Å². The van der Waals surface area contributed by atoms with Gasteiger partial charge in [-0.15, -0.1) is 0 Å². The fourth-order valence-electron chi connectivity index (χ4n) is 8.04. The fourth-order valence-corrected chi connectivity index (χ4v) is 8.04. The number of rotatable bonds is 0. The lowest BCUT2D eigenvalue weighted by Gasteiger charge is -2.61. The summed E-state index contributed by atoms with van der Waals surface area (Å²) in [7, 11) is 0. The Morgan fingerprint density at radius 3 is 2.48 bits per heavy atom. The molecule has 5 aliphatic rings. The molecule has 1 N–H and O–H groups in total. The predicted molar refractivity (Wildman–Crippen MR) is 95.6 cm³/mol. The summed E-state index contributed by atoms with van der Waals surface area (Å²) < 4.78 is 12.5. The molecule has 140 valence electrons. The maximum absolute atomic E-state index is 9.23. The van der Waals surface area contributed by atoms with Crippen LogP contribution in [0.15, 0.2) is 5.16 Å². The lowest BCUT2D eigenvalue weighted by molar-refractivity contribution is -0.246. The highest BCUT2D eigenvalue weighted by atomic mass is 16.7. The number of oxime groups is 1. The van der Waals surface area contributed by atoms with Gasteiger partial charge in [-0.3, -0.25) is 0 Å². The van der Waals surface area contributed by atoms with Gasteiger partial charge in [0.05, 0.1) is 18.9 Å². The van der Waals surface area contributed by atoms with Crippen molar-refractivity contribution >= 4 is 5.71 Å². The summed E-state index contributed by atoms with van der Waals surface area (Å²) in [6, 6.07) is 0. The van der Waals surface area contributed by atoms with E-state index in [0.29, 0.717) is 11.3 Å². The summed E-state index contributed by atoms with van der Waals surface area (Å²) in [6.07, 6.45) is 10.8. The number of hydrogen-bond acceptors (Lipinski definition) is 4. The van der Waals surface area contributed by atoms with Crippen molar-refractivity contribution in [1.29, 1.82) is 0 Å². The first kappa shape index (κ1) is 16.6. The van der Waals surface area contributed by atoms with Gasteiger partial charge in [0, 0.05) is 11.8 Å². The molecule has 0 bridgehead atoms. The molecule has 25 heavy (non-hydrogen) atoms. The average Bonchev–Trinajstić information content (AvgIpc) is 3.21.